The molecule has 0 aliphatic heterocycles. The Morgan fingerprint density at radius 1 is 1.53 bits per heavy atom. The second-order valence-corrected chi connectivity index (χ2v) is 6.19. The van der Waals surface area contributed by atoms with E-state index in [0.29, 0.717) is 10.9 Å². The lowest BCUT2D eigenvalue weighted by atomic mass is 10.3. The number of anilines is 1. The number of hydrogen-bond acceptors (Lipinski definition) is 4. The van der Waals surface area contributed by atoms with Crippen LogP contribution in [0.4, 0.5) is 5.69 Å². The van der Waals surface area contributed by atoms with E-state index < -0.39 is 16.1 Å². The molecule has 1 aromatic rings. The van der Waals surface area contributed by atoms with Gasteiger partial charge in [0.2, 0.25) is 10.0 Å². The number of aliphatic hydroxyl groups excluding tert-OH is 1. The number of aliphatic hydroxyl groups is 1. The van der Waals surface area contributed by atoms with Gasteiger partial charge in [0, 0.05) is 10.5 Å². The van der Waals surface area contributed by atoms with Crippen LogP contribution in [-0.2, 0) is 10.0 Å². The highest BCUT2D eigenvalue weighted by Gasteiger charge is 2.21. The van der Waals surface area contributed by atoms with Gasteiger partial charge in [0.1, 0.15) is 4.90 Å². The Morgan fingerprint density at radius 3 is 2.71 bits per heavy atom. The van der Waals surface area contributed by atoms with Crippen LogP contribution in [0.15, 0.2) is 27.6 Å². The Bertz CT molecular complexity index is 486. The zero-order valence-electron chi connectivity index (χ0n) is 9.35. The molecule has 4 N–H and O–H groups in total. The summed E-state index contributed by atoms with van der Waals surface area (Å²) >= 11 is 3.19. The summed E-state index contributed by atoms with van der Waals surface area (Å²) in [7, 11) is -3.70. The van der Waals surface area contributed by atoms with Crippen molar-refractivity contribution in [3.05, 3.63) is 22.7 Å². The van der Waals surface area contributed by atoms with Gasteiger partial charge in [-0.15, -0.1) is 0 Å². The highest BCUT2D eigenvalue weighted by atomic mass is 79.9. The summed E-state index contributed by atoms with van der Waals surface area (Å²) in [6.07, 6.45) is 0.504. The third-order valence-corrected chi connectivity index (χ3v) is 4.37. The molecular weight excluding hydrogens is 308 g/mol. The summed E-state index contributed by atoms with van der Waals surface area (Å²) < 4.78 is 27.0. The highest BCUT2D eigenvalue weighted by molar-refractivity contribution is 9.10. The SMILES string of the molecule is CC[C@H](CO)NS(=O)(=O)c1cc(Br)ccc1N. The summed E-state index contributed by atoms with van der Waals surface area (Å²) in [5.41, 5.74) is 5.81. The summed E-state index contributed by atoms with van der Waals surface area (Å²) in [6.45, 7) is 1.54. The highest BCUT2D eigenvalue weighted by Crippen LogP contribution is 2.23. The van der Waals surface area contributed by atoms with Gasteiger partial charge in [0.05, 0.1) is 12.3 Å². The number of nitrogens with two attached hydrogens (primary N) is 1. The van der Waals surface area contributed by atoms with Crippen molar-refractivity contribution < 1.29 is 13.5 Å². The van der Waals surface area contributed by atoms with E-state index in [-0.39, 0.29) is 17.2 Å². The van der Waals surface area contributed by atoms with Crippen molar-refractivity contribution in [3.63, 3.8) is 0 Å². The lowest BCUT2D eigenvalue weighted by Crippen LogP contribution is -2.37. The van der Waals surface area contributed by atoms with Crippen LogP contribution in [0.2, 0.25) is 0 Å². The molecule has 0 aliphatic rings. The third-order valence-electron chi connectivity index (χ3n) is 2.30. The molecule has 7 heteroatoms. The minimum atomic E-state index is -3.70. The van der Waals surface area contributed by atoms with E-state index in [0.717, 1.165) is 0 Å². The van der Waals surface area contributed by atoms with Crippen LogP contribution >= 0.6 is 15.9 Å². The van der Waals surface area contributed by atoms with Crippen LogP contribution in [0.3, 0.4) is 0 Å². The maximum absolute atomic E-state index is 12.0. The molecule has 17 heavy (non-hydrogen) atoms. The monoisotopic (exact) mass is 322 g/mol. The fraction of sp³-hybridized carbons (Fsp3) is 0.400. The van der Waals surface area contributed by atoms with Crippen LogP contribution in [0.1, 0.15) is 13.3 Å². The summed E-state index contributed by atoms with van der Waals surface area (Å²) in [4.78, 5) is 0.0128. The van der Waals surface area contributed by atoms with Crippen molar-refractivity contribution in [2.45, 2.75) is 24.3 Å². The number of hydrogen-bond donors (Lipinski definition) is 3. The van der Waals surface area contributed by atoms with Crippen molar-refractivity contribution in [3.8, 4) is 0 Å². The second-order valence-electron chi connectivity index (χ2n) is 3.59. The van der Waals surface area contributed by atoms with E-state index in [1.807, 2.05) is 0 Å². The average Bonchev–Trinajstić information content (AvgIpc) is 2.29. The molecule has 0 aliphatic carbocycles. The van der Waals surface area contributed by atoms with E-state index in [1.54, 1.807) is 13.0 Å². The smallest absolute Gasteiger partial charge is 0.242 e. The predicted molar refractivity (Wildman–Crippen MR) is 70.0 cm³/mol. The minimum Gasteiger partial charge on any atom is -0.398 e. The van der Waals surface area contributed by atoms with E-state index in [2.05, 4.69) is 20.7 Å². The molecule has 0 bridgehead atoms. The molecule has 0 unspecified atom stereocenters. The Kier molecular flexibility index (Phi) is 4.93. The maximum Gasteiger partial charge on any atom is 0.242 e. The van der Waals surface area contributed by atoms with Gasteiger partial charge in [0.15, 0.2) is 0 Å². The Hall–Kier alpha value is -0.630. The van der Waals surface area contributed by atoms with Crippen molar-refractivity contribution in [1.29, 1.82) is 0 Å². The van der Waals surface area contributed by atoms with Gasteiger partial charge in [-0.1, -0.05) is 22.9 Å². The Labute approximate surface area is 109 Å². The third kappa shape index (κ3) is 3.67. The molecule has 0 saturated carbocycles. The molecular formula is C10H15BrN2O3S. The summed E-state index contributed by atoms with van der Waals surface area (Å²) in [5.74, 6) is 0. The molecule has 5 nitrogen and oxygen atoms in total. The normalized spacial score (nSPS) is 13.6. The standard InChI is InChI=1S/C10H15BrN2O3S/c1-2-8(6-14)13-17(15,16)10-5-7(11)3-4-9(10)12/h3-5,8,13-14H,2,6,12H2,1H3/t8-/m1/s1. The minimum absolute atomic E-state index is 0.0128. The average molecular weight is 323 g/mol. The topological polar surface area (TPSA) is 92.4 Å². The van der Waals surface area contributed by atoms with Gasteiger partial charge in [-0.2, -0.15) is 0 Å². The van der Waals surface area contributed by atoms with Crippen molar-refractivity contribution >= 4 is 31.6 Å². The van der Waals surface area contributed by atoms with Gasteiger partial charge in [-0.3, -0.25) is 0 Å². The summed E-state index contributed by atoms with van der Waals surface area (Å²) in [6, 6.07) is 4.11. The van der Waals surface area contributed by atoms with Crippen LogP contribution in [0, 0.1) is 0 Å². The van der Waals surface area contributed by atoms with E-state index in [9.17, 15) is 8.42 Å². The van der Waals surface area contributed by atoms with E-state index >= 15 is 0 Å². The number of halogens is 1. The van der Waals surface area contributed by atoms with Crippen LogP contribution in [0.25, 0.3) is 0 Å². The molecule has 0 saturated heterocycles. The lowest BCUT2D eigenvalue weighted by molar-refractivity contribution is 0.254. The Balaban J connectivity index is 3.09. The number of nitrogens with one attached hydrogen (secondary N) is 1. The number of sulfonamides is 1. The summed E-state index contributed by atoms with van der Waals surface area (Å²) in [5, 5.41) is 8.99. The van der Waals surface area contributed by atoms with Gasteiger partial charge in [-0.05, 0) is 24.6 Å². The molecule has 1 rings (SSSR count). The first-order valence-electron chi connectivity index (χ1n) is 5.09. The van der Waals surface area contributed by atoms with E-state index in [1.165, 1.54) is 12.1 Å². The van der Waals surface area contributed by atoms with Crippen molar-refractivity contribution in [2.75, 3.05) is 12.3 Å². The molecule has 0 radical (unpaired) electrons. The maximum atomic E-state index is 12.0. The first-order valence-corrected chi connectivity index (χ1v) is 7.36. The van der Waals surface area contributed by atoms with Gasteiger partial charge < -0.3 is 10.8 Å². The first-order chi connectivity index (χ1) is 7.90. The molecule has 1 atom stereocenters. The molecule has 0 heterocycles. The van der Waals surface area contributed by atoms with Crippen LogP contribution in [-0.4, -0.2) is 26.2 Å². The Morgan fingerprint density at radius 2 is 2.18 bits per heavy atom. The molecule has 1 aromatic carbocycles. The quantitative estimate of drug-likeness (QED) is 0.707. The molecule has 96 valence electrons. The largest absolute Gasteiger partial charge is 0.398 e. The van der Waals surface area contributed by atoms with Gasteiger partial charge in [0.25, 0.3) is 0 Å². The lowest BCUT2D eigenvalue weighted by Gasteiger charge is -2.15. The van der Waals surface area contributed by atoms with Crippen LogP contribution in [0.5, 0.6) is 0 Å². The number of rotatable bonds is 5. The fourth-order valence-electron chi connectivity index (χ4n) is 1.27. The van der Waals surface area contributed by atoms with Crippen molar-refractivity contribution in [1.82, 2.24) is 4.72 Å². The van der Waals surface area contributed by atoms with Crippen molar-refractivity contribution in [2.24, 2.45) is 0 Å². The molecule has 0 aromatic heterocycles. The van der Waals surface area contributed by atoms with Gasteiger partial charge in [-0.25, -0.2) is 13.1 Å². The zero-order chi connectivity index (χ0) is 13.1. The molecule has 0 amide bonds. The predicted octanol–water partition coefficient (Wildman–Crippen LogP) is 1.08. The fourth-order valence-corrected chi connectivity index (χ4v) is 3.25. The second kappa shape index (κ2) is 5.81. The van der Waals surface area contributed by atoms with Gasteiger partial charge >= 0.3 is 0 Å². The number of benzene rings is 1. The molecule has 0 spiro atoms. The van der Waals surface area contributed by atoms with E-state index in [4.69, 9.17) is 10.8 Å². The number of nitrogen functional groups attached to an aromatic ring is 1. The first kappa shape index (κ1) is 14.4. The zero-order valence-corrected chi connectivity index (χ0v) is 11.8. The molecule has 0 fully saturated rings. The van der Waals surface area contributed by atoms with Crippen LogP contribution < -0.4 is 10.5 Å².